The number of rotatable bonds is 4. The molecule has 82 valence electrons. The molecule has 0 nitrogen and oxygen atoms in total. The lowest BCUT2D eigenvalue weighted by Gasteiger charge is -2.27. The Labute approximate surface area is 114 Å². The van der Waals surface area contributed by atoms with E-state index in [0.717, 1.165) is 11.2 Å². The van der Waals surface area contributed by atoms with Crippen LogP contribution in [-0.2, 0) is 6.42 Å². The summed E-state index contributed by atoms with van der Waals surface area (Å²) in [4.78, 5) is 0. The molecule has 0 aliphatic heterocycles. The van der Waals surface area contributed by atoms with Crippen molar-refractivity contribution < 1.29 is 0 Å². The zero-order chi connectivity index (χ0) is 10.9. The molecule has 0 amide bonds. The molecule has 15 heavy (non-hydrogen) atoms. The molecule has 1 saturated carbocycles. The molecule has 1 atom stereocenters. The second kappa shape index (κ2) is 4.74. The molecule has 2 heteroatoms. The first-order valence-corrected chi connectivity index (χ1v) is 7.64. The molecular formula is C13H16BrI. The number of hydrogen-bond acceptors (Lipinski definition) is 0. The van der Waals surface area contributed by atoms with Gasteiger partial charge in [0.25, 0.3) is 0 Å². The van der Waals surface area contributed by atoms with Crippen LogP contribution in [-0.4, -0.2) is 5.33 Å². The Hall–Kier alpha value is 0.430. The predicted molar refractivity (Wildman–Crippen MR) is 77.5 cm³/mol. The SMILES string of the molecule is CC(CBr)(Cc1ccc(I)cc1)C1CC1. The van der Waals surface area contributed by atoms with Crippen LogP contribution in [0.25, 0.3) is 0 Å². The summed E-state index contributed by atoms with van der Waals surface area (Å²) < 4.78 is 1.32. The topological polar surface area (TPSA) is 0 Å². The maximum Gasteiger partial charge on any atom is 0.0130 e. The van der Waals surface area contributed by atoms with E-state index in [1.54, 1.807) is 0 Å². The van der Waals surface area contributed by atoms with Crippen LogP contribution in [0.15, 0.2) is 24.3 Å². The number of halogens is 2. The maximum atomic E-state index is 3.68. The van der Waals surface area contributed by atoms with Crippen LogP contribution in [0.1, 0.15) is 25.3 Å². The largest absolute Gasteiger partial charge is 0.0922 e. The molecule has 1 aliphatic rings. The molecular weight excluding hydrogens is 363 g/mol. The van der Waals surface area contributed by atoms with Crippen molar-refractivity contribution in [2.45, 2.75) is 26.2 Å². The smallest absolute Gasteiger partial charge is 0.0130 e. The zero-order valence-corrected chi connectivity index (χ0v) is 12.7. The van der Waals surface area contributed by atoms with Gasteiger partial charge in [0.15, 0.2) is 0 Å². The molecule has 0 bridgehead atoms. The van der Waals surface area contributed by atoms with Crippen molar-refractivity contribution in [1.29, 1.82) is 0 Å². The third-order valence-electron chi connectivity index (χ3n) is 3.39. The van der Waals surface area contributed by atoms with Crippen molar-refractivity contribution in [3.05, 3.63) is 33.4 Å². The zero-order valence-electron chi connectivity index (χ0n) is 8.97. The molecule has 1 fully saturated rings. The Balaban J connectivity index is 2.09. The molecule has 1 aliphatic carbocycles. The van der Waals surface area contributed by atoms with E-state index in [-0.39, 0.29) is 0 Å². The van der Waals surface area contributed by atoms with Crippen LogP contribution < -0.4 is 0 Å². The lowest BCUT2D eigenvalue weighted by molar-refractivity contribution is 0.319. The van der Waals surface area contributed by atoms with Gasteiger partial charge in [-0.25, -0.2) is 0 Å². The fraction of sp³-hybridized carbons (Fsp3) is 0.538. The van der Waals surface area contributed by atoms with E-state index in [0.29, 0.717) is 5.41 Å². The fourth-order valence-corrected chi connectivity index (χ4v) is 3.17. The van der Waals surface area contributed by atoms with E-state index < -0.39 is 0 Å². The van der Waals surface area contributed by atoms with Crippen LogP contribution in [0, 0.1) is 14.9 Å². The van der Waals surface area contributed by atoms with Crippen LogP contribution in [0.5, 0.6) is 0 Å². The van der Waals surface area contributed by atoms with Gasteiger partial charge in [0, 0.05) is 8.90 Å². The van der Waals surface area contributed by atoms with Crippen molar-refractivity contribution in [2.75, 3.05) is 5.33 Å². The summed E-state index contributed by atoms with van der Waals surface area (Å²) in [5.41, 5.74) is 1.94. The van der Waals surface area contributed by atoms with Gasteiger partial charge in [-0.3, -0.25) is 0 Å². The lowest BCUT2D eigenvalue weighted by atomic mass is 9.81. The van der Waals surface area contributed by atoms with Gasteiger partial charge in [-0.15, -0.1) is 0 Å². The van der Waals surface area contributed by atoms with Crippen molar-refractivity contribution in [2.24, 2.45) is 11.3 Å². The van der Waals surface area contributed by atoms with E-state index in [4.69, 9.17) is 0 Å². The Kier molecular flexibility index (Phi) is 3.76. The monoisotopic (exact) mass is 378 g/mol. The van der Waals surface area contributed by atoms with Crippen LogP contribution in [0.4, 0.5) is 0 Å². The molecule has 0 heterocycles. The van der Waals surface area contributed by atoms with Crippen molar-refractivity contribution >= 4 is 38.5 Å². The van der Waals surface area contributed by atoms with Gasteiger partial charge < -0.3 is 0 Å². The van der Waals surface area contributed by atoms with Crippen molar-refractivity contribution in [1.82, 2.24) is 0 Å². The highest BCUT2D eigenvalue weighted by Gasteiger charge is 2.40. The Morgan fingerprint density at radius 1 is 1.33 bits per heavy atom. The van der Waals surface area contributed by atoms with Gasteiger partial charge in [0.05, 0.1) is 0 Å². The molecule has 1 unspecified atom stereocenters. The van der Waals surface area contributed by atoms with Gasteiger partial charge in [-0.1, -0.05) is 35.0 Å². The maximum absolute atomic E-state index is 3.68. The van der Waals surface area contributed by atoms with E-state index in [2.05, 4.69) is 69.7 Å². The minimum atomic E-state index is 0.465. The molecule has 0 aromatic heterocycles. The quantitative estimate of drug-likeness (QED) is 0.528. The van der Waals surface area contributed by atoms with Crippen LogP contribution >= 0.6 is 38.5 Å². The molecule has 1 aromatic carbocycles. The highest BCUT2D eigenvalue weighted by atomic mass is 127. The second-order valence-electron chi connectivity index (χ2n) is 4.87. The summed E-state index contributed by atoms with van der Waals surface area (Å²) in [5.74, 6) is 0.941. The number of benzene rings is 1. The molecule has 0 spiro atoms. The summed E-state index contributed by atoms with van der Waals surface area (Å²) in [6, 6.07) is 8.95. The summed E-state index contributed by atoms with van der Waals surface area (Å²) in [6.45, 7) is 2.41. The molecule has 0 N–H and O–H groups in total. The normalized spacial score (nSPS) is 19.9. The summed E-state index contributed by atoms with van der Waals surface area (Å²) >= 11 is 6.04. The third kappa shape index (κ3) is 2.96. The molecule has 2 rings (SSSR count). The van der Waals surface area contributed by atoms with Crippen molar-refractivity contribution in [3.63, 3.8) is 0 Å². The van der Waals surface area contributed by atoms with Crippen LogP contribution in [0.2, 0.25) is 0 Å². The second-order valence-corrected chi connectivity index (χ2v) is 6.67. The van der Waals surface area contributed by atoms with Crippen LogP contribution in [0.3, 0.4) is 0 Å². The van der Waals surface area contributed by atoms with Gasteiger partial charge in [0.1, 0.15) is 0 Å². The average molecular weight is 379 g/mol. The van der Waals surface area contributed by atoms with Gasteiger partial charge in [0.2, 0.25) is 0 Å². The fourth-order valence-electron chi connectivity index (χ4n) is 2.15. The summed E-state index contributed by atoms with van der Waals surface area (Å²) in [5, 5.41) is 1.12. The van der Waals surface area contributed by atoms with Gasteiger partial charge in [-0.05, 0) is 70.9 Å². The van der Waals surface area contributed by atoms with E-state index in [9.17, 15) is 0 Å². The molecule has 0 saturated heterocycles. The molecule has 1 aromatic rings. The first kappa shape index (κ1) is 11.9. The number of alkyl halides is 1. The standard InChI is InChI=1S/C13H16BrI/c1-13(9-14,11-4-5-11)8-10-2-6-12(15)7-3-10/h2-3,6-7,11H,4-5,8-9H2,1H3. The van der Waals surface area contributed by atoms with Gasteiger partial charge in [-0.2, -0.15) is 0 Å². The highest BCUT2D eigenvalue weighted by Crippen LogP contribution is 2.48. The summed E-state index contributed by atoms with van der Waals surface area (Å²) in [7, 11) is 0. The summed E-state index contributed by atoms with van der Waals surface area (Å²) in [6.07, 6.45) is 4.05. The first-order valence-electron chi connectivity index (χ1n) is 5.44. The lowest BCUT2D eigenvalue weighted by Crippen LogP contribution is -2.24. The van der Waals surface area contributed by atoms with E-state index in [1.807, 2.05) is 0 Å². The average Bonchev–Trinajstić information content (AvgIpc) is 3.05. The third-order valence-corrected chi connectivity index (χ3v) is 5.39. The van der Waals surface area contributed by atoms with E-state index >= 15 is 0 Å². The van der Waals surface area contributed by atoms with Crippen molar-refractivity contribution in [3.8, 4) is 0 Å². The number of hydrogen-bond donors (Lipinski definition) is 0. The van der Waals surface area contributed by atoms with Gasteiger partial charge >= 0.3 is 0 Å². The first-order chi connectivity index (χ1) is 7.14. The Morgan fingerprint density at radius 2 is 1.93 bits per heavy atom. The minimum Gasteiger partial charge on any atom is -0.0922 e. The Morgan fingerprint density at radius 3 is 2.40 bits per heavy atom. The highest BCUT2D eigenvalue weighted by molar-refractivity contribution is 14.1. The Bertz CT molecular complexity index is 329. The predicted octanol–water partition coefficient (Wildman–Crippen LogP) is 4.64. The minimum absolute atomic E-state index is 0.465. The molecule has 0 radical (unpaired) electrons. The van der Waals surface area contributed by atoms with E-state index in [1.165, 1.54) is 28.4 Å².